The van der Waals surface area contributed by atoms with Gasteiger partial charge in [0.05, 0.1) is 16.6 Å². The Morgan fingerprint density at radius 3 is 2.44 bits per heavy atom. The van der Waals surface area contributed by atoms with Crippen LogP contribution in [0.4, 0.5) is 13.2 Å². The molecule has 0 fully saturated rings. The second-order valence-corrected chi connectivity index (χ2v) is 7.33. The lowest BCUT2D eigenvalue weighted by Crippen LogP contribution is -2.07. The van der Waals surface area contributed by atoms with Crippen molar-refractivity contribution in [3.63, 3.8) is 0 Å². The quantitative estimate of drug-likeness (QED) is 0.387. The number of fused-ring (bicyclic) bond motifs is 1. The van der Waals surface area contributed by atoms with E-state index in [1.54, 1.807) is 43.3 Å². The van der Waals surface area contributed by atoms with Gasteiger partial charge in [-0.25, -0.2) is 4.79 Å². The fraction of sp³-hybridized carbons (Fsp3) is 0.120. The van der Waals surface area contributed by atoms with E-state index in [1.807, 2.05) is 6.07 Å². The predicted octanol–water partition coefficient (Wildman–Crippen LogP) is 6.51. The van der Waals surface area contributed by atoms with Gasteiger partial charge in [0.25, 0.3) is 0 Å². The Bertz CT molecular complexity index is 1300. The maximum absolute atomic E-state index is 13.5. The normalized spacial score (nSPS) is 11.5. The topological polar surface area (TPSA) is 59.4 Å². The van der Waals surface area contributed by atoms with Crippen molar-refractivity contribution in [3.8, 4) is 16.9 Å². The smallest absolute Gasteiger partial charge is 0.418 e. The van der Waals surface area contributed by atoms with Gasteiger partial charge in [0.1, 0.15) is 12.4 Å². The number of benzene rings is 3. The molecule has 0 saturated carbocycles. The van der Waals surface area contributed by atoms with Crippen LogP contribution in [0.2, 0.25) is 0 Å². The van der Waals surface area contributed by atoms with Crippen molar-refractivity contribution < 1.29 is 27.8 Å². The number of rotatable bonds is 5. The highest BCUT2D eigenvalue weighted by molar-refractivity contribution is 5.97. The summed E-state index contributed by atoms with van der Waals surface area (Å²) in [5, 5.41) is 9.40. The molecule has 0 aliphatic rings. The van der Waals surface area contributed by atoms with E-state index in [-0.39, 0.29) is 17.7 Å². The number of carboxylic acids is 1. The molecule has 3 aromatic carbocycles. The third kappa shape index (κ3) is 4.27. The minimum atomic E-state index is -4.50. The highest BCUT2D eigenvalue weighted by Crippen LogP contribution is 2.38. The van der Waals surface area contributed by atoms with Gasteiger partial charge in [0.15, 0.2) is 0 Å². The van der Waals surface area contributed by atoms with Gasteiger partial charge in [0.2, 0.25) is 0 Å². The van der Waals surface area contributed by atoms with Crippen molar-refractivity contribution in [1.82, 2.24) is 4.98 Å². The first-order valence-corrected chi connectivity index (χ1v) is 9.75. The van der Waals surface area contributed by atoms with Crippen LogP contribution in [-0.2, 0) is 12.8 Å². The van der Waals surface area contributed by atoms with Crippen LogP contribution >= 0.6 is 0 Å². The molecule has 4 aromatic rings. The number of hydrogen-bond acceptors (Lipinski definition) is 3. The van der Waals surface area contributed by atoms with Gasteiger partial charge in [-0.1, -0.05) is 36.4 Å². The predicted molar refractivity (Wildman–Crippen MR) is 115 cm³/mol. The SMILES string of the molecule is Cc1cnc2c(C(F)(F)F)cccc2c1-c1cccc(OCc2ccc(C(=O)O)cc2)c1. The summed E-state index contributed by atoms with van der Waals surface area (Å²) in [7, 11) is 0. The third-order valence-electron chi connectivity index (χ3n) is 5.12. The van der Waals surface area contributed by atoms with Crippen LogP contribution in [-0.4, -0.2) is 16.1 Å². The molecule has 1 aromatic heterocycles. The molecular formula is C25H18F3NO3. The number of para-hydroxylation sites is 1. The molecule has 1 N–H and O–H groups in total. The fourth-order valence-electron chi connectivity index (χ4n) is 3.59. The first-order valence-electron chi connectivity index (χ1n) is 9.75. The Hall–Kier alpha value is -3.87. The summed E-state index contributed by atoms with van der Waals surface area (Å²) in [6.07, 6.45) is -3.05. The first-order chi connectivity index (χ1) is 15.2. The van der Waals surface area contributed by atoms with Crippen molar-refractivity contribution >= 4 is 16.9 Å². The van der Waals surface area contributed by atoms with E-state index in [4.69, 9.17) is 9.84 Å². The molecule has 0 aliphatic heterocycles. The summed E-state index contributed by atoms with van der Waals surface area (Å²) in [6.45, 7) is 2.03. The maximum Gasteiger partial charge on any atom is 0.418 e. The van der Waals surface area contributed by atoms with Crippen LogP contribution in [0.5, 0.6) is 5.75 Å². The summed E-state index contributed by atoms with van der Waals surface area (Å²) in [6, 6.07) is 17.5. The van der Waals surface area contributed by atoms with Crippen LogP contribution in [0.1, 0.15) is 27.0 Å². The van der Waals surface area contributed by atoms with Gasteiger partial charge in [-0.2, -0.15) is 13.2 Å². The molecule has 0 amide bonds. The summed E-state index contributed by atoms with van der Waals surface area (Å²) in [4.78, 5) is 15.0. The van der Waals surface area contributed by atoms with E-state index in [9.17, 15) is 18.0 Å². The molecule has 4 nitrogen and oxygen atoms in total. The number of carboxylic acid groups (broad SMARTS) is 1. The van der Waals surface area contributed by atoms with Gasteiger partial charge in [-0.3, -0.25) is 4.98 Å². The molecule has 0 radical (unpaired) electrons. The molecule has 162 valence electrons. The van der Waals surface area contributed by atoms with Crippen molar-refractivity contribution in [2.75, 3.05) is 0 Å². The standard InChI is InChI=1S/C25H18F3NO3/c1-15-13-29-23-20(6-3-7-21(23)25(26,27)28)22(15)18-4-2-5-19(12-18)32-14-16-8-10-17(11-9-16)24(30)31/h2-13H,14H2,1H3,(H,30,31). The summed E-state index contributed by atoms with van der Waals surface area (Å²) < 4.78 is 46.2. The Labute approximate surface area is 181 Å². The van der Waals surface area contributed by atoms with E-state index in [2.05, 4.69) is 4.98 Å². The van der Waals surface area contributed by atoms with E-state index in [0.29, 0.717) is 22.3 Å². The molecule has 0 unspecified atom stereocenters. The van der Waals surface area contributed by atoms with Crippen LogP contribution in [0.25, 0.3) is 22.0 Å². The lowest BCUT2D eigenvalue weighted by molar-refractivity contribution is -0.136. The van der Waals surface area contributed by atoms with E-state index >= 15 is 0 Å². The summed E-state index contributed by atoms with van der Waals surface area (Å²) in [5.74, 6) is -0.458. The average molecular weight is 437 g/mol. The zero-order valence-electron chi connectivity index (χ0n) is 17.0. The number of carbonyl (C=O) groups is 1. The van der Waals surface area contributed by atoms with Crippen molar-refractivity contribution in [1.29, 1.82) is 0 Å². The minimum absolute atomic E-state index is 0.0922. The van der Waals surface area contributed by atoms with Crippen molar-refractivity contribution in [2.45, 2.75) is 19.7 Å². The number of aryl methyl sites for hydroxylation is 1. The van der Waals surface area contributed by atoms with Crippen molar-refractivity contribution in [3.05, 3.63) is 95.2 Å². The van der Waals surface area contributed by atoms with E-state index in [1.165, 1.54) is 24.4 Å². The first kappa shape index (κ1) is 21.4. The number of hydrogen-bond donors (Lipinski definition) is 1. The van der Waals surface area contributed by atoms with Gasteiger partial charge in [-0.15, -0.1) is 0 Å². The number of aromatic nitrogens is 1. The highest BCUT2D eigenvalue weighted by atomic mass is 19.4. The van der Waals surface area contributed by atoms with Crippen LogP contribution in [0, 0.1) is 6.92 Å². The zero-order valence-corrected chi connectivity index (χ0v) is 17.0. The average Bonchev–Trinajstić information content (AvgIpc) is 2.77. The number of alkyl halides is 3. The Balaban J connectivity index is 1.67. The van der Waals surface area contributed by atoms with Gasteiger partial charge in [-0.05, 0) is 59.5 Å². The zero-order chi connectivity index (χ0) is 22.9. The molecule has 1 heterocycles. The minimum Gasteiger partial charge on any atom is -0.489 e. The molecule has 7 heteroatoms. The summed E-state index contributed by atoms with van der Waals surface area (Å²) in [5.41, 5.74) is 2.25. The Kier molecular flexibility index (Phi) is 5.57. The molecule has 0 bridgehead atoms. The van der Waals surface area contributed by atoms with Gasteiger partial charge < -0.3 is 9.84 Å². The molecule has 0 spiro atoms. The molecule has 32 heavy (non-hydrogen) atoms. The van der Waals surface area contributed by atoms with Crippen LogP contribution in [0.3, 0.4) is 0 Å². The summed E-state index contributed by atoms with van der Waals surface area (Å²) >= 11 is 0. The fourth-order valence-corrected chi connectivity index (χ4v) is 3.59. The second-order valence-electron chi connectivity index (χ2n) is 7.33. The monoisotopic (exact) mass is 437 g/mol. The van der Waals surface area contributed by atoms with Crippen molar-refractivity contribution in [2.24, 2.45) is 0 Å². The molecule has 0 saturated heterocycles. The van der Waals surface area contributed by atoms with Crippen LogP contribution in [0.15, 0.2) is 72.9 Å². The van der Waals surface area contributed by atoms with Gasteiger partial charge in [0, 0.05) is 11.6 Å². The Morgan fingerprint density at radius 1 is 1.03 bits per heavy atom. The number of aromatic carboxylic acids is 1. The lowest BCUT2D eigenvalue weighted by atomic mass is 9.95. The third-order valence-corrected chi connectivity index (χ3v) is 5.12. The number of pyridine rings is 1. The Morgan fingerprint density at radius 2 is 1.75 bits per heavy atom. The number of ether oxygens (including phenoxy) is 1. The van der Waals surface area contributed by atoms with E-state index in [0.717, 1.165) is 17.2 Å². The lowest BCUT2D eigenvalue weighted by Gasteiger charge is -2.15. The molecular weight excluding hydrogens is 419 g/mol. The van der Waals surface area contributed by atoms with E-state index < -0.39 is 17.7 Å². The number of nitrogens with zero attached hydrogens (tertiary/aromatic N) is 1. The molecule has 0 aliphatic carbocycles. The largest absolute Gasteiger partial charge is 0.489 e. The van der Waals surface area contributed by atoms with Crippen LogP contribution < -0.4 is 4.74 Å². The molecule has 0 atom stereocenters. The maximum atomic E-state index is 13.5. The number of halogens is 3. The molecule has 4 rings (SSSR count). The van der Waals surface area contributed by atoms with Gasteiger partial charge >= 0.3 is 12.1 Å². The highest BCUT2D eigenvalue weighted by Gasteiger charge is 2.33. The second kappa shape index (κ2) is 8.34.